The van der Waals surface area contributed by atoms with Crippen LogP contribution in [0.3, 0.4) is 0 Å². The zero-order valence-electron chi connectivity index (χ0n) is 11.7. The van der Waals surface area contributed by atoms with Crippen LogP contribution in [0.4, 0.5) is 4.79 Å². The Morgan fingerprint density at radius 1 is 1.38 bits per heavy atom. The molecule has 1 atom stereocenters. The molecule has 0 aliphatic carbocycles. The Kier molecular flexibility index (Phi) is 5.16. The number of ether oxygens (including phenoxy) is 1. The van der Waals surface area contributed by atoms with Crippen LogP contribution in [-0.4, -0.2) is 45.0 Å². The number of amides is 1. The van der Waals surface area contributed by atoms with Gasteiger partial charge in [-0.1, -0.05) is 30.3 Å². The van der Waals surface area contributed by atoms with Gasteiger partial charge in [-0.05, 0) is 12.0 Å². The lowest BCUT2D eigenvalue weighted by molar-refractivity contribution is 0.104. The summed E-state index contributed by atoms with van der Waals surface area (Å²) < 4.78 is 32.0. The topological polar surface area (TPSA) is 84.9 Å². The quantitative estimate of drug-likeness (QED) is 0.812. The van der Waals surface area contributed by atoms with Crippen molar-refractivity contribution in [1.82, 2.24) is 10.4 Å². The van der Waals surface area contributed by atoms with Crippen molar-refractivity contribution in [1.29, 1.82) is 0 Å². The third-order valence-corrected chi connectivity index (χ3v) is 3.54. The standard InChI is InChI=1S/C13H18N2O5S/c1-21(17,18)20-12-7-8-15(9-12)14-13(16)19-10-11-5-3-2-4-6-11/h2-6,12H,7-10H2,1H3,(H,14,16). The molecule has 116 valence electrons. The summed E-state index contributed by atoms with van der Waals surface area (Å²) in [6.07, 6.45) is 0.539. The predicted octanol–water partition coefficient (Wildman–Crippen LogP) is 0.878. The van der Waals surface area contributed by atoms with Gasteiger partial charge in [0.05, 0.1) is 12.4 Å². The fraction of sp³-hybridized carbons (Fsp3) is 0.462. The highest BCUT2D eigenvalue weighted by Crippen LogP contribution is 2.12. The van der Waals surface area contributed by atoms with Crippen molar-refractivity contribution >= 4 is 16.2 Å². The van der Waals surface area contributed by atoms with Crippen LogP contribution in [0, 0.1) is 0 Å². The van der Waals surface area contributed by atoms with E-state index in [1.54, 1.807) is 5.01 Å². The van der Waals surface area contributed by atoms with Crippen LogP contribution in [0.5, 0.6) is 0 Å². The molecule has 7 nitrogen and oxygen atoms in total. The van der Waals surface area contributed by atoms with Crippen LogP contribution in [0.25, 0.3) is 0 Å². The SMILES string of the molecule is CS(=O)(=O)OC1CCN(NC(=O)OCc2ccccc2)C1. The number of hydrazine groups is 1. The minimum atomic E-state index is -3.48. The molecule has 1 aliphatic heterocycles. The van der Waals surface area contributed by atoms with Crippen molar-refractivity contribution in [2.45, 2.75) is 19.1 Å². The number of rotatable bonds is 5. The Labute approximate surface area is 123 Å². The van der Waals surface area contributed by atoms with Gasteiger partial charge >= 0.3 is 6.09 Å². The maximum Gasteiger partial charge on any atom is 0.422 e. The first-order valence-electron chi connectivity index (χ1n) is 6.53. The van der Waals surface area contributed by atoms with Gasteiger partial charge in [-0.25, -0.2) is 9.80 Å². The Balaban J connectivity index is 1.72. The monoisotopic (exact) mass is 314 g/mol. The molecule has 1 fully saturated rings. The molecule has 1 saturated heterocycles. The fourth-order valence-corrected chi connectivity index (χ4v) is 2.69. The summed E-state index contributed by atoms with van der Waals surface area (Å²) in [4.78, 5) is 11.6. The maximum atomic E-state index is 11.6. The summed E-state index contributed by atoms with van der Waals surface area (Å²) in [5.74, 6) is 0. The zero-order valence-corrected chi connectivity index (χ0v) is 12.5. The summed E-state index contributed by atoms with van der Waals surface area (Å²) >= 11 is 0. The molecule has 1 aliphatic rings. The fourth-order valence-electron chi connectivity index (χ4n) is 2.04. The lowest BCUT2D eigenvalue weighted by Crippen LogP contribution is -2.41. The molecule has 0 bridgehead atoms. The van der Waals surface area contributed by atoms with Gasteiger partial charge < -0.3 is 4.74 Å². The first-order valence-corrected chi connectivity index (χ1v) is 8.34. The Hall–Kier alpha value is -1.64. The second-order valence-electron chi connectivity index (χ2n) is 4.83. The second-order valence-corrected chi connectivity index (χ2v) is 6.43. The third-order valence-electron chi connectivity index (χ3n) is 2.92. The molecule has 1 aromatic rings. The number of nitrogens with one attached hydrogen (secondary N) is 1. The molecule has 0 spiro atoms. The van der Waals surface area contributed by atoms with E-state index in [-0.39, 0.29) is 6.61 Å². The van der Waals surface area contributed by atoms with Crippen LogP contribution in [-0.2, 0) is 25.6 Å². The first-order chi connectivity index (χ1) is 9.92. The van der Waals surface area contributed by atoms with E-state index in [9.17, 15) is 13.2 Å². The molecular formula is C13H18N2O5S. The van der Waals surface area contributed by atoms with Crippen LogP contribution >= 0.6 is 0 Å². The summed E-state index contributed by atoms with van der Waals surface area (Å²) in [7, 11) is -3.48. The number of nitrogens with zero attached hydrogens (tertiary/aromatic N) is 1. The highest BCUT2D eigenvalue weighted by Gasteiger charge is 2.27. The molecule has 1 unspecified atom stereocenters. The van der Waals surface area contributed by atoms with Crippen LogP contribution in [0.1, 0.15) is 12.0 Å². The van der Waals surface area contributed by atoms with Crippen LogP contribution < -0.4 is 5.43 Å². The minimum absolute atomic E-state index is 0.184. The molecule has 0 radical (unpaired) electrons. The Morgan fingerprint density at radius 3 is 2.76 bits per heavy atom. The predicted molar refractivity (Wildman–Crippen MR) is 75.7 cm³/mol. The largest absolute Gasteiger partial charge is 0.444 e. The minimum Gasteiger partial charge on any atom is -0.444 e. The molecule has 1 aromatic carbocycles. The second kappa shape index (κ2) is 6.88. The lowest BCUT2D eigenvalue weighted by Gasteiger charge is -2.16. The summed E-state index contributed by atoms with van der Waals surface area (Å²) in [5, 5.41) is 1.59. The smallest absolute Gasteiger partial charge is 0.422 e. The molecule has 21 heavy (non-hydrogen) atoms. The number of carbonyl (C=O) groups is 1. The molecule has 0 aromatic heterocycles. The van der Waals surface area contributed by atoms with Crippen molar-refractivity contribution in [3.8, 4) is 0 Å². The Bertz CT molecular complexity index is 575. The highest BCUT2D eigenvalue weighted by molar-refractivity contribution is 7.86. The maximum absolute atomic E-state index is 11.6. The molecule has 2 rings (SSSR count). The van der Waals surface area contributed by atoms with Crippen molar-refractivity contribution < 1.29 is 22.1 Å². The van der Waals surface area contributed by atoms with Crippen LogP contribution in [0.15, 0.2) is 30.3 Å². The van der Waals surface area contributed by atoms with E-state index in [1.165, 1.54) is 0 Å². The van der Waals surface area contributed by atoms with E-state index in [2.05, 4.69) is 5.43 Å². The van der Waals surface area contributed by atoms with Gasteiger partial charge in [0.25, 0.3) is 10.1 Å². The zero-order chi connectivity index (χ0) is 15.3. The number of carbonyl (C=O) groups excluding carboxylic acids is 1. The van der Waals surface area contributed by atoms with Crippen molar-refractivity contribution in [2.24, 2.45) is 0 Å². The van der Waals surface area contributed by atoms with E-state index < -0.39 is 22.3 Å². The van der Waals surface area contributed by atoms with E-state index >= 15 is 0 Å². The molecule has 0 saturated carbocycles. The van der Waals surface area contributed by atoms with Crippen molar-refractivity contribution in [3.05, 3.63) is 35.9 Å². The van der Waals surface area contributed by atoms with E-state index in [4.69, 9.17) is 8.92 Å². The summed E-state index contributed by atoms with van der Waals surface area (Å²) in [6.45, 7) is 1.01. The van der Waals surface area contributed by atoms with E-state index in [1.807, 2.05) is 30.3 Å². The summed E-state index contributed by atoms with van der Waals surface area (Å²) in [5.41, 5.74) is 3.46. The third kappa shape index (κ3) is 5.70. The lowest BCUT2D eigenvalue weighted by atomic mass is 10.2. The molecule has 8 heteroatoms. The van der Waals surface area contributed by atoms with Gasteiger partial charge in [0.2, 0.25) is 0 Å². The van der Waals surface area contributed by atoms with Gasteiger partial charge in [0, 0.05) is 13.1 Å². The van der Waals surface area contributed by atoms with Gasteiger partial charge in [0.1, 0.15) is 6.61 Å². The molecule has 1 heterocycles. The molecule has 1 N–H and O–H groups in total. The van der Waals surface area contributed by atoms with Gasteiger partial charge in [-0.3, -0.25) is 9.61 Å². The van der Waals surface area contributed by atoms with Crippen molar-refractivity contribution in [3.63, 3.8) is 0 Å². The van der Waals surface area contributed by atoms with Crippen molar-refractivity contribution in [2.75, 3.05) is 19.3 Å². The molecule has 1 amide bonds. The Morgan fingerprint density at radius 2 is 2.10 bits per heavy atom. The van der Waals surface area contributed by atoms with E-state index in [0.29, 0.717) is 19.5 Å². The number of hydrogen-bond acceptors (Lipinski definition) is 6. The van der Waals surface area contributed by atoms with Gasteiger partial charge in [-0.15, -0.1) is 0 Å². The van der Waals surface area contributed by atoms with E-state index in [0.717, 1.165) is 11.8 Å². The number of hydrogen-bond donors (Lipinski definition) is 1. The average Bonchev–Trinajstić information content (AvgIpc) is 2.82. The first kappa shape index (κ1) is 15.7. The highest BCUT2D eigenvalue weighted by atomic mass is 32.2. The van der Waals surface area contributed by atoms with Gasteiger partial charge in [0.15, 0.2) is 0 Å². The normalized spacial score (nSPS) is 19.4. The molecular weight excluding hydrogens is 296 g/mol. The number of benzene rings is 1. The average molecular weight is 314 g/mol. The van der Waals surface area contributed by atoms with Gasteiger partial charge in [-0.2, -0.15) is 8.42 Å². The van der Waals surface area contributed by atoms with Crippen LogP contribution in [0.2, 0.25) is 0 Å². The summed E-state index contributed by atoms with van der Waals surface area (Å²) in [6, 6.07) is 9.34.